The molecule has 0 unspecified atom stereocenters. The molecular weight excluding hydrogens is 245 g/mol. The quantitative estimate of drug-likeness (QED) is 0.891. The van der Waals surface area contributed by atoms with E-state index in [-0.39, 0.29) is 5.69 Å². The summed E-state index contributed by atoms with van der Waals surface area (Å²) in [5.74, 6) is -0.407. The van der Waals surface area contributed by atoms with Crippen LogP contribution in [0.25, 0.3) is 0 Å². The molecule has 0 atom stereocenters. The fourth-order valence-electron chi connectivity index (χ4n) is 1.70. The molecule has 1 heterocycles. The fraction of sp³-hybridized carbons (Fsp3) is 0.143. The molecule has 19 heavy (non-hydrogen) atoms. The molecule has 0 aliphatic carbocycles. The lowest BCUT2D eigenvalue weighted by atomic mass is 10.2. The second-order valence-corrected chi connectivity index (χ2v) is 4.09. The average molecular weight is 259 g/mol. The molecule has 2 aromatic rings. The van der Waals surface area contributed by atoms with Gasteiger partial charge < -0.3 is 10.6 Å². The zero-order valence-electron chi connectivity index (χ0n) is 10.7. The molecule has 0 fully saturated rings. The van der Waals surface area contributed by atoms with Crippen molar-refractivity contribution in [2.24, 2.45) is 0 Å². The molecule has 2 N–H and O–H groups in total. The summed E-state index contributed by atoms with van der Waals surface area (Å²) in [5.41, 5.74) is 1.32. The second-order valence-electron chi connectivity index (χ2n) is 4.09. The summed E-state index contributed by atoms with van der Waals surface area (Å²) in [6, 6.07) is 7.93. The molecule has 0 bridgehead atoms. The van der Waals surface area contributed by atoms with E-state index in [0.29, 0.717) is 11.4 Å². The standard InChI is InChI=1S/C14H14FN3O/c1-9-5-6-12(11(15)8-9)18-14(19)10-4-3-7-17-13(10)16-2/h3-8H,1-2H3,(H,16,17)(H,18,19). The van der Waals surface area contributed by atoms with Gasteiger partial charge in [-0.05, 0) is 36.8 Å². The molecule has 5 heteroatoms. The lowest BCUT2D eigenvalue weighted by Gasteiger charge is -2.09. The lowest BCUT2D eigenvalue weighted by Crippen LogP contribution is -2.15. The highest BCUT2D eigenvalue weighted by atomic mass is 19.1. The number of benzene rings is 1. The van der Waals surface area contributed by atoms with Crippen LogP contribution in [0.2, 0.25) is 0 Å². The van der Waals surface area contributed by atoms with Crippen LogP contribution in [0.15, 0.2) is 36.5 Å². The Balaban J connectivity index is 2.26. The smallest absolute Gasteiger partial charge is 0.259 e. The predicted octanol–water partition coefficient (Wildman–Crippen LogP) is 2.82. The summed E-state index contributed by atoms with van der Waals surface area (Å²) < 4.78 is 13.7. The van der Waals surface area contributed by atoms with Crippen molar-refractivity contribution in [2.75, 3.05) is 17.7 Å². The van der Waals surface area contributed by atoms with Crippen molar-refractivity contribution in [2.45, 2.75) is 6.92 Å². The molecule has 0 saturated carbocycles. The normalized spacial score (nSPS) is 10.1. The predicted molar refractivity (Wildman–Crippen MR) is 72.9 cm³/mol. The molecule has 1 aromatic carbocycles. The van der Waals surface area contributed by atoms with Gasteiger partial charge in [0.2, 0.25) is 0 Å². The molecule has 0 radical (unpaired) electrons. The van der Waals surface area contributed by atoms with Crippen molar-refractivity contribution in [1.29, 1.82) is 0 Å². The first-order chi connectivity index (χ1) is 9.11. The van der Waals surface area contributed by atoms with Gasteiger partial charge in [0, 0.05) is 13.2 Å². The molecule has 0 saturated heterocycles. The number of nitrogens with zero attached hydrogens (tertiary/aromatic N) is 1. The Bertz CT molecular complexity index is 613. The fourth-order valence-corrected chi connectivity index (χ4v) is 1.70. The van der Waals surface area contributed by atoms with E-state index in [1.165, 1.54) is 12.1 Å². The van der Waals surface area contributed by atoms with E-state index in [9.17, 15) is 9.18 Å². The summed E-state index contributed by atoms with van der Waals surface area (Å²) >= 11 is 0. The zero-order valence-corrected chi connectivity index (χ0v) is 10.7. The van der Waals surface area contributed by atoms with Crippen LogP contribution < -0.4 is 10.6 Å². The SMILES string of the molecule is CNc1ncccc1C(=O)Nc1ccc(C)cc1F. The van der Waals surface area contributed by atoms with E-state index in [0.717, 1.165) is 5.56 Å². The molecule has 98 valence electrons. The zero-order chi connectivity index (χ0) is 13.8. The van der Waals surface area contributed by atoms with Gasteiger partial charge >= 0.3 is 0 Å². The van der Waals surface area contributed by atoms with Crippen molar-refractivity contribution in [3.8, 4) is 0 Å². The average Bonchev–Trinajstić information content (AvgIpc) is 2.41. The van der Waals surface area contributed by atoms with Gasteiger partial charge in [-0.1, -0.05) is 6.07 Å². The third-order valence-electron chi connectivity index (χ3n) is 2.66. The maximum absolute atomic E-state index is 13.7. The van der Waals surface area contributed by atoms with Gasteiger partial charge in [0.1, 0.15) is 11.6 Å². The highest BCUT2D eigenvalue weighted by Gasteiger charge is 2.13. The molecule has 0 aliphatic rings. The largest absolute Gasteiger partial charge is 0.372 e. The molecule has 0 spiro atoms. The van der Waals surface area contributed by atoms with E-state index in [4.69, 9.17) is 0 Å². The maximum Gasteiger partial charge on any atom is 0.259 e. The van der Waals surface area contributed by atoms with Crippen molar-refractivity contribution in [3.63, 3.8) is 0 Å². The number of anilines is 2. The number of amides is 1. The Morgan fingerprint density at radius 2 is 2.11 bits per heavy atom. The van der Waals surface area contributed by atoms with Crippen LogP contribution in [0, 0.1) is 12.7 Å². The van der Waals surface area contributed by atoms with Gasteiger partial charge in [-0.15, -0.1) is 0 Å². The van der Waals surface area contributed by atoms with Crippen LogP contribution in [0.1, 0.15) is 15.9 Å². The molecular formula is C14H14FN3O. The first kappa shape index (κ1) is 13.0. The first-order valence-electron chi connectivity index (χ1n) is 5.82. The Morgan fingerprint density at radius 3 is 2.79 bits per heavy atom. The highest BCUT2D eigenvalue weighted by molar-refractivity contribution is 6.07. The third kappa shape index (κ3) is 2.88. The number of hydrogen-bond acceptors (Lipinski definition) is 3. The van der Waals surface area contributed by atoms with Gasteiger partial charge in [-0.2, -0.15) is 0 Å². The molecule has 2 rings (SSSR count). The third-order valence-corrected chi connectivity index (χ3v) is 2.66. The summed E-state index contributed by atoms with van der Waals surface area (Å²) in [5, 5.41) is 5.35. The number of rotatable bonds is 3. The minimum atomic E-state index is -0.455. The number of aryl methyl sites for hydroxylation is 1. The number of aromatic nitrogens is 1. The van der Waals surface area contributed by atoms with Gasteiger partial charge in [-0.25, -0.2) is 9.37 Å². The summed E-state index contributed by atoms with van der Waals surface area (Å²) in [6.07, 6.45) is 1.58. The highest BCUT2D eigenvalue weighted by Crippen LogP contribution is 2.18. The van der Waals surface area contributed by atoms with E-state index in [1.807, 2.05) is 0 Å². The maximum atomic E-state index is 13.7. The summed E-state index contributed by atoms with van der Waals surface area (Å²) in [6.45, 7) is 1.79. The Kier molecular flexibility index (Phi) is 3.75. The van der Waals surface area contributed by atoms with Gasteiger partial charge in [-0.3, -0.25) is 4.79 Å². The monoisotopic (exact) mass is 259 g/mol. The Labute approximate surface area is 110 Å². The Morgan fingerprint density at radius 1 is 1.32 bits per heavy atom. The van der Waals surface area contributed by atoms with Crippen molar-refractivity contribution >= 4 is 17.4 Å². The topological polar surface area (TPSA) is 54.0 Å². The van der Waals surface area contributed by atoms with Crippen molar-refractivity contribution < 1.29 is 9.18 Å². The lowest BCUT2D eigenvalue weighted by molar-refractivity contribution is 0.102. The van der Waals surface area contributed by atoms with Crippen LogP contribution in [0.4, 0.5) is 15.9 Å². The van der Waals surface area contributed by atoms with E-state index in [2.05, 4.69) is 15.6 Å². The summed E-state index contributed by atoms with van der Waals surface area (Å²) in [7, 11) is 1.67. The van der Waals surface area contributed by atoms with Crippen LogP contribution in [-0.2, 0) is 0 Å². The van der Waals surface area contributed by atoms with E-state index < -0.39 is 11.7 Å². The first-order valence-corrected chi connectivity index (χ1v) is 5.82. The van der Waals surface area contributed by atoms with Gasteiger partial charge in [0.25, 0.3) is 5.91 Å². The summed E-state index contributed by atoms with van der Waals surface area (Å²) in [4.78, 5) is 16.1. The number of hydrogen-bond donors (Lipinski definition) is 2. The van der Waals surface area contributed by atoms with Crippen molar-refractivity contribution in [1.82, 2.24) is 4.98 Å². The number of halogens is 1. The van der Waals surface area contributed by atoms with E-state index in [1.54, 1.807) is 38.4 Å². The molecule has 0 aliphatic heterocycles. The number of carbonyl (C=O) groups excluding carboxylic acids is 1. The van der Waals surface area contributed by atoms with Crippen LogP contribution >= 0.6 is 0 Å². The van der Waals surface area contributed by atoms with Gasteiger partial charge in [0.05, 0.1) is 11.3 Å². The minimum absolute atomic E-state index is 0.154. The number of pyridine rings is 1. The molecule has 4 nitrogen and oxygen atoms in total. The second kappa shape index (κ2) is 5.48. The number of nitrogens with one attached hydrogen (secondary N) is 2. The van der Waals surface area contributed by atoms with E-state index >= 15 is 0 Å². The van der Waals surface area contributed by atoms with Crippen LogP contribution in [-0.4, -0.2) is 17.9 Å². The molecule has 1 amide bonds. The Hall–Kier alpha value is -2.43. The van der Waals surface area contributed by atoms with Gasteiger partial charge in [0.15, 0.2) is 0 Å². The van der Waals surface area contributed by atoms with Crippen molar-refractivity contribution in [3.05, 3.63) is 53.5 Å². The molecule has 1 aromatic heterocycles. The van der Waals surface area contributed by atoms with Crippen LogP contribution in [0.3, 0.4) is 0 Å². The minimum Gasteiger partial charge on any atom is -0.372 e. The number of carbonyl (C=O) groups is 1. The van der Waals surface area contributed by atoms with Crippen LogP contribution in [0.5, 0.6) is 0 Å².